The molecule has 1 amide bonds. The van der Waals surface area contributed by atoms with E-state index in [4.69, 9.17) is 0 Å². The third-order valence-corrected chi connectivity index (χ3v) is 3.60. The number of amides is 1. The molecule has 1 aromatic carbocycles. The van der Waals surface area contributed by atoms with E-state index in [0.717, 1.165) is 6.07 Å². The average Bonchev–Trinajstić information content (AvgIpc) is 3.03. The number of benzene rings is 1. The molecule has 0 unspecified atom stereocenters. The summed E-state index contributed by atoms with van der Waals surface area (Å²) in [6, 6.07) is 8.99. The van der Waals surface area contributed by atoms with E-state index in [2.05, 4.69) is 20.4 Å². The second kappa shape index (κ2) is 7.01. The van der Waals surface area contributed by atoms with Crippen LogP contribution in [0.25, 0.3) is 5.95 Å². The number of anilines is 1. The van der Waals surface area contributed by atoms with Crippen LogP contribution in [0.15, 0.2) is 36.5 Å². The van der Waals surface area contributed by atoms with Gasteiger partial charge in [0.2, 0.25) is 0 Å². The van der Waals surface area contributed by atoms with Crippen LogP contribution in [0.3, 0.4) is 0 Å². The van der Waals surface area contributed by atoms with E-state index in [9.17, 15) is 20.2 Å². The molecule has 0 aliphatic heterocycles. The lowest BCUT2D eigenvalue weighted by Gasteiger charge is -2.09. The summed E-state index contributed by atoms with van der Waals surface area (Å²) in [5.74, 6) is -0.344. The van der Waals surface area contributed by atoms with Crippen molar-refractivity contribution in [2.75, 3.05) is 5.32 Å². The van der Waals surface area contributed by atoms with Crippen molar-refractivity contribution >= 4 is 17.4 Å². The van der Waals surface area contributed by atoms with Gasteiger partial charge in [0.25, 0.3) is 17.5 Å². The highest BCUT2D eigenvalue weighted by Gasteiger charge is 2.19. The van der Waals surface area contributed by atoms with Crippen molar-refractivity contribution in [3.63, 3.8) is 0 Å². The highest BCUT2D eigenvalue weighted by Crippen LogP contribution is 2.20. The van der Waals surface area contributed by atoms with Gasteiger partial charge >= 0.3 is 0 Å². The number of nitriles is 1. The van der Waals surface area contributed by atoms with Crippen molar-refractivity contribution in [2.24, 2.45) is 0 Å². The van der Waals surface area contributed by atoms with E-state index in [1.165, 1.54) is 29.1 Å². The summed E-state index contributed by atoms with van der Waals surface area (Å²) in [6.07, 6.45) is 1.28. The Morgan fingerprint density at radius 3 is 2.59 bits per heavy atom. The second-order valence-electron chi connectivity index (χ2n) is 5.64. The number of aryl methyl sites for hydroxylation is 2. The molecule has 0 aliphatic carbocycles. The summed E-state index contributed by atoms with van der Waals surface area (Å²) >= 11 is 0. The van der Waals surface area contributed by atoms with Gasteiger partial charge in [-0.3, -0.25) is 14.9 Å². The lowest BCUT2D eigenvalue weighted by atomic mass is 10.2. The Labute approximate surface area is 153 Å². The fourth-order valence-electron chi connectivity index (χ4n) is 2.44. The summed E-state index contributed by atoms with van der Waals surface area (Å²) in [6.45, 7) is 3.57. The molecule has 0 radical (unpaired) electrons. The zero-order chi connectivity index (χ0) is 19.6. The molecule has 0 bridgehead atoms. The number of aromatic nitrogens is 4. The van der Waals surface area contributed by atoms with Gasteiger partial charge in [-0.1, -0.05) is 6.07 Å². The summed E-state index contributed by atoms with van der Waals surface area (Å²) in [7, 11) is 0. The Morgan fingerprint density at radius 1 is 1.26 bits per heavy atom. The van der Waals surface area contributed by atoms with Gasteiger partial charge in [0.15, 0.2) is 5.82 Å². The Kier molecular flexibility index (Phi) is 4.59. The normalized spacial score (nSPS) is 10.3. The van der Waals surface area contributed by atoms with Gasteiger partial charge in [-0.05, 0) is 26.0 Å². The van der Waals surface area contributed by atoms with Crippen LogP contribution < -0.4 is 5.32 Å². The molecular weight excluding hydrogens is 350 g/mol. The van der Waals surface area contributed by atoms with Gasteiger partial charge in [-0.15, -0.1) is 0 Å². The predicted octanol–water partition coefficient (Wildman–Crippen LogP) is 2.31. The molecular formula is C17H13N7O3. The molecule has 0 atom stereocenters. The summed E-state index contributed by atoms with van der Waals surface area (Å²) in [5, 5.41) is 26.8. The van der Waals surface area contributed by atoms with E-state index >= 15 is 0 Å². The van der Waals surface area contributed by atoms with Gasteiger partial charge in [0.05, 0.1) is 11.1 Å². The summed E-state index contributed by atoms with van der Waals surface area (Å²) < 4.78 is 1.24. The monoisotopic (exact) mass is 363 g/mol. The Morgan fingerprint density at radius 2 is 1.96 bits per heavy atom. The molecule has 0 aliphatic rings. The van der Waals surface area contributed by atoms with E-state index in [1.54, 1.807) is 19.9 Å². The Hall–Kier alpha value is -4.13. The Balaban J connectivity index is 2.01. The number of nitrogens with zero attached hydrogens (tertiary/aromatic N) is 6. The van der Waals surface area contributed by atoms with Crippen molar-refractivity contribution in [1.82, 2.24) is 19.7 Å². The average molecular weight is 363 g/mol. The number of carbonyl (C=O) groups excluding carboxylic acids is 1. The molecule has 134 valence electrons. The molecule has 0 spiro atoms. The van der Waals surface area contributed by atoms with Gasteiger partial charge in [-0.2, -0.15) is 15.0 Å². The second-order valence-corrected chi connectivity index (χ2v) is 5.64. The van der Waals surface area contributed by atoms with Crippen LogP contribution in [-0.2, 0) is 0 Å². The maximum absolute atomic E-state index is 12.5. The van der Waals surface area contributed by atoms with Crippen LogP contribution in [-0.4, -0.2) is 30.6 Å². The molecule has 27 heavy (non-hydrogen) atoms. The minimum atomic E-state index is -0.624. The smallest absolute Gasteiger partial charge is 0.270 e. The number of rotatable bonds is 4. The maximum Gasteiger partial charge on any atom is 0.270 e. The molecule has 2 heterocycles. The van der Waals surface area contributed by atoms with Crippen molar-refractivity contribution in [3.05, 3.63) is 69.2 Å². The topological polar surface area (TPSA) is 140 Å². The van der Waals surface area contributed by atoms with Crippen molar-refractivity contribution in [1.29, 1.82) is 5.26 Å². The quantitative estimate of drug-likeness (QED) is 0.554. The first-order valence-electron chi connectivity index (χ1n) is 7.75. The van der Waals surface area contributed by atoms with Gasteiger partial charge < -0.3 is 5.32 Å². The zero-order valence-corrected chi connectivity index (χ0v) is 14.4. The van der Waals surface area contributed by atoms with E-state index in [-0.39, 0.29) is 28.6 Å². The number of nitrogens with one attached hydrogen (secondary N) is 1. The molecule has 0 saturated heterocycles. The largest absolute Gasteiger partial charge is 0.305 e. The van der Waals surface area contributed by atoms with E-state index < -0.39 is 10.8 Å². The first kappa shape index (κ1) is 17.7. The highest BCUT2D eigenvalue weighted by molar-refractivity contribution is 6.04. The SMILES string of the molecule is Cc1cc(C)nc(-n2ncc(C#N)c2NC(=O)c2cccc([N+](=O)[O-])c2)n1. The van der Waals surface area contributed by atoms with Crippen molar-refractivity contribution < 1.29 is 9.72 Å². The molecule has 2 aromatic heterocycles. The number of nitro benzene ring substituents is 1. The number of hydrogen-bond acceptors (Lipinski definition) is 7. The van der Waals surface area contributed by atoms with Crippen molar-refractivity contribution in [3.8, 4) is 12.0 Å². The molecule has 0 saturated carbocycles. The fourth-order valence-corrected chi connectivity index (χ4v) is 2.44. The zero-order valence-electron chi connectivity index (χ0n) is 14.4. The van der Waals surface area contributed by atoms with Crippen LogP contribution in [0, 0.1) is 35.3 Å². The first-order valence-corrected chi connectivity index (χ1v) is 7.75. The molecule has 1 N–H and O–H groups in total. The summed E-state index contributed by atoms with van der Waals surface area (Å²) in [5.41, 5.74) is 1.36. The fraction of sp³-hybridized carbons (Fsp3) is 0.118. The summed E-state index contributed by atoms with van der Waals surface area (Å²) in [4.78, 5) is 31.4. The third-order valence-electron chi connectivity index (χ3n) is 3.60. The van der Waals surface area contributed by atoms with Crippen LogP contribution in [0.4, 0.5) is 11.5 Å². The van der Waals surface area contributed by atoms with Gasteiger partial charge in [-0.25, -0.2) is 9.97 Å². The third kappa shape index (κ3) is 3.62. The van der Waals surface area contributed by atoms with Gasteiger partial charge in [0.1, 0.15) is 11.6 Å². The number of carbonyl (C=O) groups is 1. The minimum absolute atomic E-state index is 0.0715. The van der Waals surface area contributed by atoms with E-state index in [0.29, 0.717) is 11.4 Å². The maximum atomic E-state index is 12.5. The van der Waals surface area contributed by atoms with E-state index in [1.807, 2.05) is 6.07 Å². The highest BCUT2D eigenvalue weighted by atomic mass is 16.6. The molecule has 0 fully saturated rings. The number of hydrogen-bond donors (Lipinski definition) is 1. The van der Waals surface area contributed by atoms with Crippen LogP contribution in [0.2, 0.25) is 0 Å². The first-order chi connectivity index (χ1) is 12.9. The molecule has 10 nitrogen and oxygen atoms in total. The number of nitro groups is 1. The van der Waals surface area contributed by atoms with Crippen molar-refractivity contribution in [2.45, 2.75) is 13.8 Å². The Bertz CT molecular complexity index is 1080. The molecule has 3 rings (SSSR count). The lowest BCUT2D eigenvalue weighted by Crippen LogP contribution is -2.17. The molecule has 3 aromatic rings. The van der Waals surface area contributed by atoms with Gasteiger partial charge in [0, 0.05) is 29.1 Å². The van der Waals surface area contributed by atoms with Crippen LogP contribution in [0.1, 0.15) is 27.3 Å². The molecule has 10 heteroatoms. The lowest BCUT2D eigenvalue weighted by molar-refractivity contribution is -0.384. The van der Waals surface area contributed by atoms with Crippen LogP contribution in [0.5, 0.6) is 0 Å². The standard InChI is InChI=1S/C17H13N7O3/c1-10-6-11(2)21-17(20-10)23-15(13(8-18)9-19-23)22-16(25)12-4-3-5-14(7-12)24(26)27/h3-7,9H,1-2H3,(H,22,25). The predicted molar refractivity (Wildman–Crippen MR) is 94.4 cm³/mol. The minimum Gasteiger partial charge on any atom is -0.305 e. The van der Waals surface area contributed by atoms with Crippen LogP contribution >= 0.6 is 0 Å². The number of non-ortho nitro benzene ring substituents is 1.